The maximum absolute atomic E-state index is 13.7. The van der Waals surface area contributed by atoms with Gasteiger partial charge in [-0.05, 0) is 36.4 Å². The van der Waals surface area contributed by atoms with Gasteiger partial charge in [-0.15, -0.1) is 0 Å². The highest BCUT2D eigenvalue weighted by Crippen LogP contribution is 2.29. The highest BCUT2D eigenvalue weighted by atomic mass is 79.9. The Hall–Kier alpha value is -2.08. The van der Waals surface area contributed by atoms with E-state index in [1.54, 1.807) is 12.1 Å². The number of hydrogen-bond donors (Lipinski definition) is 1. The average molecular weight is 340 g/mol. The largest absolute Gasteiger partial charge is 0.465 e. The summed E-state index contributed by atoms with van der Waals surface area (Å²) >= 11 is 3.16. The second-order valence-electron chi connectivity index (χ2n) is 3.92. The summed E-state index contributed by atoms with van der Waals surface area (Å²) in [6, 6.07) is 8.86. The molecule has 0 saturated heterocycles. The molecule has 0 amide bonds. The Kier molecular flexibility index (Phi) is 4.24. The van der Waals surface area contributed by atoms with Crippen LogP contribution in [0.2, 0.25) is 0 Å². The van der Waals surface area contributed by atoms with Crippen molar-refractivity contribution in [1.29, 1.82) is 0 Å². The number of carbonyl (C=O) groups excluding carboxylic acids is 1. The Balaban J connectivity index is 2.32. The van der Waals surface area contributed by atoms with Crippen molar-refractivity contribution in [1.82, 2.24) is 0 Å². The van der Waals surface area contributed by atoms with Crippen LogP contribution in [0.15, 0.2) is 40.9 Å². The summed E-state index contributed by atoms with van der Waals surface area (Å²) in [6.07, 6.45) is 0. The molecule has 104 valence electrons. The summed E-state index contributed by atoms with van der Waals surface area (Å²) in [5, 5.41) is 0. The van der Waals surface area contributed by atoms with E-state index < -0.39 is 11.8 Å². The van der Waals surface area contributed by atoms with E-state index in [-0.39, 0.29) is 17.0 Å². The molecule has 0 bridgehead atoms. The second kappa shape index (κ2) is 5.92. The number of nitrogen functional groups attached to an aromatic ring is 1. The number of methoxy groups -OCH3 is 1. The van der Waals surface area contributed by atoms with Crippen molar-refractivity contribution in [2.75, 3.05) is 12.8 Å². The third-order valence-corrected chi connectivity index (χ3v) is 3.05. The standard InChI is InChI=1S/C14H11BrFNO3/c1-19-14(18)10-7-9(3-4-12(10)17)20-13-5-2-8(15)6-11(13)16/h2-7H,17H2,1H3. The van der Waals surface area contributed by atoms with Crippen LogP contribution in [0.1, 0.15) is 10.4 Å². The van der Waals surface area contributed by atoms with Gasteiger partial charge in [-0.1, -0.05) is 15.9 Å². The number of ether oxygens (including phenoxy) is 2. The highest BCUT2D eigenvalue weighted by molar-refractivity contribution is 9.10. The van der Waals surface area contributed by atoms with Crippen molar-refractivity contribution in [3.63, 3.8) is 0 Å². The molecule has 0 aliphatic carbocycles. The van der Waals surface area contributed by atoms with Gasteiger partial charge >= 0.3 is 5.97 Å². The van der Waals surface area contributed by atoms with E-state index in [4.69, 9.17) is 10.5 Å². The molecular formula is C14H11BrFNO3. The third kappa shape index (κ3) is 3.08. The van der Waals surface area contributed by atoms with Crippen LogP contribution in [0.25, 0.3) is 0 Å². The van der Waals surface area contributed by atoms with E-state index in [9.17, 15) is 9.18 Å². The Morgan fingerprint density at radius 1 is 1.25 bits per heavy atom. The molecule has 2 aromatic rings. The van der Waals surface area contributed by atoms with Gasteiger partial charge in [-0.25, -0.2) is 9.18 Å². The fourth-order valence-corrected chi connectivity index (χ4v) is 1.90. The number of anilines is 1. The fourth-order valence-electron chi connectivity index (χ4n) is 1.57. The molecule has 2 rings (SSSR count). The molecule has 0 fully saturated rings. The van der Waals surface area contributed by atoms with Crippen molar-refractivity contribution in [3.05, 3.63) is 52.3 Å². The average Bonchev–Trinajstić information content (AvgIpc) is 2.43. The zero-order chi connectivity index (χ0) is 14.7. The van der Waals surface area contributed by atoms with Crippen molar-refractivity contribution >= 4 is 27.6 Å². The van der Waals surface area contributed by atoms with Crippen LogP contribution in [-0.2, 0) is 4.74 Å². The summed E-state index contributed by atoms with van der Waals surface area (Å²) in [7, 11) is 1.25. The molecule has 0 spiro atoms. The van der Waals surface area contributed by atoms with E-state index in [0.29, 0.717) is 10.2 Å². The first-order valence-electron chi connectivity index (χ1n) is 5.62. The monoisotopic (exact) mass is 339 g/mol. The van der Waals surface area contributed by atoms with Gasteiger partial charge in [0.2, 0.25) is 0 Å². The summed E-state index contributed by atoms with van der Waals surface area (Å²) in [5.74, 6) is -0.755. The van der Waals surface area contributed by atoms with Gasteiger partial charge in [0.1, 0.15) is 5.75 Å². The summed E-state index contributed by atoms with van der Waals surface area (Å²) < 4.78 is 24.3. The lowest BCUT2D eigenvalue weighted by molar-refractivity contribution is 0.0601. The summed E-state index contributed by atoms with van der Waals surface area (Å²) in [4.78, 5) is 11.5. The van der Waals surface area contributed by atoms with Crippen molar-refractivity contribution in [2.24, 2.45) is 0 Å². The molecule has 2 aromatic carbocycles. The molecule has 20 heavy (non-hydrogen) atoms. The lowest BCUT2D eigenvalue weighted by atomic mass is 10.1. The van der Waals surface area contributed by atoms with Gasteiger partial charge in [0.05, 0.1) is 12.7 Å². The SMILES string of the molecule is COC(=O)c1cc(Oc2ccc(Br)cc2F)ccc1N. The number of esters is 1. The van der Waals surface area contributed by atoms with E-state index in [1.165, 1.54) is 31.4 Å². The lowest BCUT2D eigenvalue weighted by Gasteiger charge is -2.09. The van der Waals surface area contributed by atoms with Crippen LogP contribution in [0.5, 0.6) is 11.5 Å². The molecule has 0 heterocycles. The number of carbonyl (C=O) groups is 1. The van der Waals surface area contributed by atoms with Gasteiger partial charge in [0, 0.05) is 10.2 Å². The Labute approximate surface area is 123 Å². The molecule has 0 radical (unpaired) electrons. The molecule has 2 N–H and O–H groups in total. The highest BCUT2D eigenvalue weighted by Gasteiger charge is 2.12. The normalized spacial score (nSPS) is 10.2. The molecule has 0 aliphatic heterocycles. The summed E-state index contributed by atoms with van der Waals surface area (Å²) in [6.45, 7) is 0. The van der Waals surface area contributed by atoms with Gasteiger partial charge in [-0.2, -0.15) is 0 Å². The topological polar surface area (TPSA) is 61.5 Å². The number of hydrogen-bond acceptors (Lipinski definition) is 4. The Morgan fingerprint density at radius 3 is 2.65 bits per heavy atom. The van der Waals surface area contributed by atoms with Crippen molar-refractivity contribution in [3.8, 4) is 11.5 Å². The van der Waals surface area contributed by atoms with Gasteiger partial charge < -0.3 is 15.2 Å². The Bertz CT molecular complexity index is 661. The zero-order valence-corrected chi connectivity index (χ0v) is 12.1. The first-order chi connectivity index (χ1) is 9.51. The molecular weight excluding hydrogens is 329 g/mol. The molecule has 0 aliphatic rings. The number of benzene rings is 2. The lowest BCUT2D eigenvalue weighted by Crippen LogP contribution is -2.05. The predicted molar refractivity (Wildman–Crippen MR) is 76.4 cm³/mol. The van der Waals surface area contributed by atoms with E-state index in [2.05, 4.69) is 20.7 Å². The maximum atomic E-state index is 13.7. The summed E-state index contributed by atoms with van der Waals surface area (Å²) in [5.41, 5.74) is 6.11. The van der Waals surface area contributed by atoms with Crippen LogP contribution in [0.4, 0.5) is 10.1 Å². The fraction of sp³-hybridized carbons (Fsp3) is 0.0714. The molecule has 4 nitrogen and oxygen atoms in total. The number of halogens is 2. The first kappa shape index (κ1) is 14.3. The third-order valence-electron chi connectivity index (χ3n) is 2.55. The van der Waals surface area contributed by atoms with Crippen molar-refractivity contribution < 1.29 is 18.7 Å². The van der Waals surface area contributed by atoms with Crippen LogP contribution in [0.3, 0.4) is 0 Å². The number of rotatable bonds is 3. The first-order valence-corrected chi connectivity index (χ1v) is 6.41. The minimum atomic E-state index is -0.579. The predicted octanol–water partition coefficient (Wildman–Crippen LogP) is 3.75. The van der Waals surface area contributed by atoms with E-state index >= 15 is 0 Å². The zero-order valence-electron chi connectivity index (χ0n) is 10.5. The second-order valence-corrected chi connectivity index (χ2v) is 4.83. The molecule has 0 atom stereocenters. The van der Waals surface area contributed by atoms with Crippen LogP contribution < -0.4 is 10.5 Å². The quantitative estimate of drug-likeness (QED) is 0.683. The maximum Gasteiger partial charge on any atom is 0.340 e. The minimum Gasteiger partial charge on any atom is -0.465 e. The molecule has 6 heteroatoms. The van der Waals surface area contributed by atoms with Gasteiger partial charge in [0.15, 0.2) is 11.6 Å². The van der Waals surface area contributed by atoms with Crippen LogP contribution in [0, 0.1) is 5.82 Å². The van der Waals surface area contributed by atoms with Crippen LogP contribution >= 0.6 is 15.9 Å². The molecule has 0 aromatic heterocycles. The molecule has 0 unspecified atom stereocenters. The van der Waals surface area contributed by atoms with Crippen molar-refractivity contribution in [2.45, 2.75) is 0 Å². The number of nitrogens with two attached hydrogens (primary N) is 1. The smallest absolute Gasteiger partial charge is 0.340 e. The Morgan fingerprint density at radius 2 is 2.00 bits per heavy atom. The van der Waals surface area contributed by atoms with Gasteiger partial charge in [0.25, 0.3) is 0 Å². The van der Waals surface area contributed by atoms with E-state index in [0.717, 1.165) is 0 Å². The van der Waals surface area contributed by atoms with Gasteiger partial charge in [-0.3, -0.25) is 0 Å². The molecule has 0 saturated carbocycles. The minimum absolute atomic E-state index is 0.0498. The van der Waals surface area contributed by atoms with Crippen LogP contribution in [-0.4, -0.2) is 13.1 Å². The van der Waals surface area contributed by atoms with E-state index in [1.807, 2.05) is 0 Å².